The maximum Gasteiger partial charge on any atom is 0.310 e. The maximum atomic E-state index is 11.3. The molecule has 4 nitrogen and oxygen atoms in total. The lowest BCUT2D eigenvalue weighted by molar-refractivity contribution is -0.147. The number of rotatable bonds is 4. The van der Waals surface area contributed by atoms with Crippen LogP contribution in [0, 0.1) is 5.92 Å². The van der Waals surface area contributed by atoms with E-state index in [0.29, 0.717) is 18.2 Å². The normalized spacial score (nSPS) is 12.5. The first kappa shape index (κ1) is 11.0. The summed E-state index contributed by atoms with van der Waals surface area (Å²) < 4.78 is 6.50. The van der Waals surface area contributed by atoms with Crippen LogP contribution in [0.5, 0.6) is 0 Å². The zero-order chi connectivity index (χ0) is 10.6. The molecular weight excluding hydrogens is 204 g/mol. The summed E-state index contributed by atoms with van der Waals surface area (Å²) >= 11 is 5.69. The van der Waals surface area contributed by atoms with E-state index < -0.39 is 0 Å². The second-order valence-electron chi connectivity index (χ2n) is 3.03. The third kappa shape index (κ3) is 3.03. The van der Waals surface area contributed by atoms with E-state index in [1.54, 1.807) is 30.9 Å². The lowest BCUT2D eigenvalue weighted by Crippen LogP contribution is -2.20. The SMILES string of the molecule is CCOC(=O)C(C)Cn1cc(Cl)cn1. The predicted octanol–water partition coefficient (Wildman–Crippen LogP) is 1.74. The van der Waals surface area contributed by atoms with Crippen molar-refractivity contribution in [2.75, 3.05) is 6.61 Å². The summed E-state index contributed by atoms with van der Waals surface area (Å²) in [5, 5.41) is 4.55. The quantitative estimate of drug-likeness (QED) is 0.721. The third-order valence-corrected chi connectivity index (χ3v) is 1.95. The van der Waals surface area contributed by atoms with E-state index in [0.717, 1.165) is 0 Å². The van der Waals surface area contributed by atoms with Gasteiger partial charge in [-0.2, -0.15) is 5.10 Å². The molecule has 0 fully saturated rings. The first-order valence-corrected chi connectivity index (χ1v) is 4.86. The van der Waals surface area contributed by atoms with Gasteiger partial charge < -0.3 is 4.74 Å². The van der Waals surface area contributed by atoms with Gasteiger partial charge in [-0.3, -0.25) is 9.48 Å². The Bertz CT molecular complexity index is 312. The number of carbonyl (C=O) groups excluding carboxylic acids is 1. The smallest absolute Gasteiger partial charge is 0.310 e. The highest BCUT2D eigenvalue weighted by Crippen LogP contribution is 2.08. The average Bonchev–Trinajstić information content (AvgIpc) is 2.51. The molecule has 1 heterocycles. The van der Waals surface area contributed by atoms with Crippen molar-refractivity contribution in [1.82, 2.24) is 9.78 Å². The summed E-state index contributed by atoms with van der Waals surface area (Å²) in [6, 6.07) is 0. The van der Waals surface area contributed by atoms with Crippen LogP contribution in [-0.2, 0) is 16.1 Å². The summed E-state index contributed by atoms with van der Waals surface area (Å²) in [6.45, 7) is 4.48. The third-order valence-electron chi connectivity index (χ3n) is 1.75. The van der Waals surface area contributed by atoms with Crippen LogP contribution in [0.25, 0.3) is 0 Å². The molecule has 5 heteroatoms. The minimum absolute atomic E-state index is 0.203. The summed E-state index contributed by atoms with van der Waals surface area (Å²) in [5.74, 6) is -0.412. The Hall–Kier alpha value is -1.03. The van der Waals surface area contributed by atoms with Gasteiger partial charge in [-0.25, -0.2) is 0 Å². The number of carbonyl (C=O) groups is 1. The zero-order valence-corrected chi connectivity index (χ0v) is 8.99. The van der Waals surface area contributed by atoms with E-state index in [9.17, 15) is 4.79 Å². The molecule has 14 heavy (non-hydrogen) atoms. The molecule has 0 spiro atoms. The van der Waals surface area contributed by atoms with Gasteiger partial charge in [-0.05, 0) is 6.92 Å². The molecule has 1 aromatic heterocycles. The number of esters is 1. The van der Waals surface area contributed by atoms with Gasteiger partial charge in [0, 0.05) is 6.20 Å². The summed E-state index contributed by atoms with van der Waals surface area (Å²) in [6.07, 6.45) is 3.22. The van der Waals surface area contributed by atoms with Gasteiger partial charge >= 0.3 is 5.97 Å². The van der Waals surface area contributed by atoms with Crippen molar-refractivity contribution in [2.45, 2.75) is 20.4 Å². The molecule has 0 aromatic carbocycles. The van der Waals surface area contributed by atoms with Crippen LogP contribution < -0.4 is 0 Å². The van der Waals surface area contributed by atoms with Crippen molar-refractivity contribution < 1.29 is 9.53 Å². The molecule has 0 saturated heterocycles. The number of ether oxygens (including phenoxy) is 1. The van der Waals surface area contributed by atoms with Gasteiger partial charge in [-0.1, -0.05) is 18.5 Å². The van der Waals surface area contributed by atoms with Crippen molar-refractivity contribution in [1.29, 1.82) is 0 Å². The molecule has 1 unspecified atom stereocenters. The fraction of sp³-hybridized carbons (Fsp3) is 0.556. The van der Waals surface area contributed by atoms with Crippen molar-refractivity contribution in [3.05, 3.63) is 17.4 Å². The first-order valence-electron chi connectivity index (χ1n) is 4.48. The average molecular weight is 217 g/mol. The van der Waals surface area contributed by atoms with E-state index in [1.165, 1.54) is 0 Å². The van der Waals surface area contributed by atoms with Crippen LogP contribution in [0.3, 0.4) is 0 Å². The molecule has 0 amide bonds. The van der Waals surface area contributed by atoms with E-state index in [-0.39, 0.29) is 11.9 Å². The first-order chi connectivity index (χ1) is 6.63. The topological polar surface area (TPSA) is 44.1 Å². The molecule has 0 saturated carbocycles. The van der Waals surface area contributed by atoms with Gasteiger partial charge in [-0.15, -0.1) is 0 Å². The highest BCUT2D eigenvalue weighted by atomic mass is 35.5. The largest absolute Gasteiger partial charge is 0.466 e. The van der Waals surface area contributed by atoms with Crippen LogP contribution >= 0.6 is 11.6 Å². The van der Waals surface area contributed by atoms with Crippen LogP contribution in [-0.4, -0.2) is 22.4 Å². The monoisotopic (exact) mass is 216 g/mol. The van der Waals surface area contributed by atoms with Crippen LogP contribution in [0.2, 0.25) is 5.02 Å². The fourth-order valence-electron chi connectivity index (χ4n) is 1.08. The predicted molar refractivity (Wildman–Crippen MR) is 53.0 cm³/mol. The second kappa shape index (κ2) is 5.00. The van der Waals surface area contributed by atoms with Crippen molar-refractivity contribution in [3.8, 4) is 0 Å². The summed E-state index contributed by atoms with van der Waals surface area (Å²) in [5.41, 5.74) is 0. The Morgan fingerprint density at radius 1 is 1.79 bits per heavy atom. The van der Waals surface area contributed by atoms with Gasteiger partial charge in [0.2, 0.25) is 0 Å². The molecule has 0 aliphatic carbocycles. The molecule has 78 valence electrons. The standard InChI is InChI=1S/C9H13ClN2O2/c1-3-14-9(13)7(2)5-12-6-8(10)4-11-12/h4,6-7H,3,5H2,1-2H3. The molecule has 0 N–H and O–H groups in total. The molecule has 0 bridgehead atoms. The number of hydrogen-bond donors (Lipinski definition) is 0. The Balaban J connectivity index is 2.48. The summed E-state index contributed by atoms with van der Waals surface area (Å²) in [4.78, 5) is 11.3. The van der Waals surface area contributed by atoms with Gasteiger partial charge in [0.05, 0.1) is 30.3 Å². The van der Waals surface area contributed by atoms with Gasteiger partial charge in [0.25, 0.3) is 0 Å². The van der Waals surface area contributed by atoms with Gasteiger partial charge in [0.1, 0.15) is 0 Å². The Morgan fingerprint density at radius 2 is 2.50 bits per heavy atom. The Labute approximate surface area is 87.8 Å². The number of hydrogen-bond acceptors (Lipinski definition) is 3. The highest BCUT2D eigenvalue weighted by molar-refractivity contribution is 6.30. The highest BCUT2D eigenvalue weighted by Gasteiger charge is 2.14. The van der Waals surface area contributed by atoms with Crippen molar-refractivity contribution in [2.24, 2.45) is 5.92 Å². The Kier molecular flexibility index (Phi) is 3.95. The maximum absolute atomic E-state index is 11.3. The molecule has 1 atom stereocenters. The minimum Gasteiger partial charge on any atom is -0.466 e. The summed E-state index contributed by atoms with van der Waals surface area (Å²) in [7, 11) is 0. The molecule has 1 rings (SSSR count). The molecule has 0 aliphatic rings. The number of aromatic nitrogens is 2. The van der Waals surface area contributed by atoms with E-state index in [1.807, 2.05) is 0 Å². The fourth-order valence-corrected chi connectivity index (χ4v) is 1.23. The van der Waals surface area contributed by atoms with Crippen molar-refractivity contribution in [3.63, 3.8) is 0 Å². The molecule has 0 radical (unpaired) electrons. The molecular formula is C9H13ClN2O2. The van der Waals surface area contributed by atoms with Crippen LogP contribution in [0.1, 0.15) is 13.8 Å². The van der Waals surface area contributed by atoms with Crippen LogP contribution in [0.4, 0.5) is 0 Å². The van der Waals surface area contributed by atoms with E-state index >= 15 is 0 Å². The number of nitrogens with zero attached hydrogens (tertiary/aromatic N) is 2. The Morgan fingerprint density at radius 3 is 3.00 bits per heavy atom. The van der Waals surface area contributed by atoms with Crippen molar-refractivity contribution >= 4 is 17.6 Å². The number of halogens is 1. The lowest BCUT2D eigenvalue weighted by atomic mass is 10.2. The molecule has 1 aromatic rings. The van der Waals surface area contributed by atoms with Crippen LogP contribution in [0.15, 0.2) is 12.4 Å². The lowest BCUT2D eigenvalue weighted by Gasteiger charge is -2.09. The van der Waals surface area contributed by atoms with E-state index in [2.05, 4.69) is 5.10 Å². The molecule has 0 aliphatic heterocycles. The van der Waals surface area contributed by atoms with Gasteiger partial charge in [0.15, 0.2) is 0 Å². The second-order valence-corrected chi connectivity index (χ2v) is 3.47. The zero-order valence-electron chi connectivity index (χ0n) is 8.24. The minimum atomic E-state index is -0.209. The van der Waals surface area contributed by atoms with E-state index in [4.69, 9.17) is 16.3 Å².